The second-order valence-corrected chi connectivity index (χ2v) is 7.86. The average Bonchev–Trinajstić information content (AvgIpc) is 3.23. The molecule has 0 aromatic carbocycles. The molecule has 7 heteroatoms. The number of hydrogen-bond donors (Lipinski definition) is 0. The third-order valence-electron chi connectivity index (χ3n) is 6.29. The number of rotatable bonds is 2. The van der Waals surface area contributed by atoms with Crippen molar-refractivity contribution in [2.24, 2.45) is 17.8 Å². The van der Waals surface area contributed by atoms with E-state index in [0.717, 1.165) is 32.0 Å². The lowest BCUT2D eigenvalue weighted by atomic mass is 9.95. The number of carbonyl (C=O) groups is 1. The van der Waals surface area contributed by atoms with E-state index in [4.69, 9.17) is 0 Å². The molecule has 0 bridgehead atoms. The van der Waals surface area contributed by atoms with E-state index in [2.05, 4.69) is 9.88 Å². The van der Waals surface area contributed by atoms with Gasteiger partial charge in [0.05, 0.1) is 11.9 Å². The van der Waals surface area contributed by atoms with Gasteiger partial charge in [-0.25, -0.2) is 4.98 Å². The Morgan fingerprint density at radius 1 is 1.04 bits per heavy atom. The Morgan fingerprint density at radius 3 is 2.23 bits per heavy atom. The van der Waals surface area contributed by atoms with Gasteiger partial charge in [0.25, 0.3) is 0 Å². The van der Waals surface area contributed by atoms with Gasteiger partial charge in [0.1, 0.15) is 5.69 Å². The molecule has 26 heavy (non-hydrogen) atoms. The Bertz CT molecular complexity index is 641. The van der Waals surface area contributed by atoms with Crippen LogP contribution < -0.4 is 4.90 Å². The highest BCUT2D eigenvalue weighted by atomic mass is 19.4. The van der Waals surface area contributed by atoms with Gasteiger partial charge in [0, 0.05) is 32.1 Å². The van der Waals surface area contributed by atoms with Crippen LogP contribution in [0, 0.1) is 17.8 Å². The van der Waals surface area contributed by atoms with Crippen molar-refractivity contribution >= 4 is 11.6 Å². The van der Waals surface area contributed by atoms with Gasteiger partial charge in [-0.1, -0.05) is 6.42 Å². The quantitative estimate of drug-likeness (QED) is 0.802. The second kappa shape index (κ2) is 6.74. The molecule has 1 aliphatic carbocycles. The summed E-state index contributed by atoms with van der Waals surface area (Å²) in [5, 5.41) is 0. The summed E-state index contributed by atoms with van der Waals surface area (Å²) in [6.45, 7) is 3.22. The highest BCUT2D eigenvalue weighted by molar-refractivity contribution is 5.79. The van der Waals surface area contributed by atoms with Gasteiger partial charge in [-0.3, -0.25) is 4.79 Å². The van der Waals surface area contributed by atoms with Crippen molar-refractivity contribution < 1.29 is 18.0 Å². The Labute approximate surface area is 151 Å². The number of halogens is 3. The fourth-order valence-corrected chi connectivity index (χ4v) is 4.80. The van der Waals surface area contributed by atoms with Gasteiger partial charge in [-0.2, -0.15) is 13.2 Å². The van der Waals surface area contributed by atoms with E-state index in [1.54, 1.807) is 0 Å². The van der Waals surface area contributed by atoms with Gasteiger partial charge < -0.3 is 9.80 Å². The van der Waals surface area contributed by atoms with E-state index in [0.29, 0.717) is 30.6 Å². The van der Waals surface area contributed by atoms with Crippen LogP contribution >= 0.6 is 0 Å². The van der Waals surface area contributed by atoms with E-state index in [-0.39, 0.29) is 11.8 Å². The first kappa shape index (κ1) is 17.6. The molecule has 4 rings (SSSR count). The van der Waals surface area contributed by atoms with Gasteiger partial charge in [0.2, 0.25) is 5.91 Å². The lowest BCUT2D eigenvalue weighted by Gasteiger charge is -2.34. The third-order valence-corrected chi connectivity index (χ3v) is 6.29. The summed E-state index contributed by atoms with van der Waals surface area (Å²) in [6, 6.07) is 2.50. The molecule has 2 saturated heterocycles. The minimum atomic E-state index is -4.41. The third kappa shape index (κ3) is 3.40. The number of carbonyl (C=O) groups excluding carboxylic acids is 1. The average molecular weight is 367 g/mol. The first-order valence-corrected chi connectivity index (χ1v) is 9.49. The van der Waals surface area contributed by atoms with Gasteiger partial charge in [-0.05, 0) is 49.7 Å². The summed E-state index contributed by atoms with van der Waals surface area (Å²) in [4.78, 5) is 20.4. The molecule has 0 N–H and O–H groups in total. The Hall–Kier alpha value is -1.79. The molecule has 1 aromatic heterocycles. The monoisotopic (exact) mass is 367 g/mol. The molecule has 3 aliphatic rings. The molecule has 1 amide bonds. The minimum Gasteiger partial charge on any atom is -0.370 e. The highest BCUT2D eigenvalue weighted by Crippen LogP contribution is 2.39. The summed E-state index contributed by atoms with van der Waals surface area (Å²) in [5.74, 6) is 1.74. The van der Waals surface area contributed by atoms with Crippen molar-refractivity contribution in [1.82, 2.24) is 9.88 Å². The summed E-state index contributed by atoms with van der Waals surface area (Å²) in [6.07, 6.45) is 2.20. The number of amides is 1. The van der Waals surface area contributed by atoms with Crippen LogP contribution in [0.5, 0.6) is 0 Å². The van der Waals surface area contributed by atoms with Crippen LogP contribution in [0.3, 0.4) is 0 Å². The van der Waals surface area contributed by atoms with Crippen LogP contribution in [0.2, 0.25) is 0 Å². The second-order valence-electron chi connectivity index (χ2n) is 7.86. The molecule has 142 valence electrons. The normalized spacial score (nSPS) is 27.0. The maximum atomic E-state index is 12.8. The van der Waals surface area contributed by atoms with Crippen LogP contribution in [-0.2, 0) is 11.0 Å². The van der Waals surface area contributed by atoms with Crippen LogP contribution in [0.15, 0.2) is 18.3 Å². The number of piperidine rings is 1. The number of likely N-dealkylation sites (tertiary alicyclic amines) is 1. The molecule has 1 saturated carbocycles. The summed E-state index contributed by atoms with van der Waals surface area (Å²) in [7, 11) is 0. The maximum Gasteiger partial charge on any atom is 0.433 e. The summed E-state index contributed by atoms with van der Waals surface area (Å²) >= 11 is 0. The smallest absolute Gasteiger partial charge is 0.370 e. The largest absolute Gasteiger partial charge is 0.433 e. The maximum absolute atomic E-state index is 12.8. The Morgan fingerprint density at radius 2 is 1.69 bits per heavy atom. The molecule has 0 spiro atoms. The topological polar surface area (TPSA) is 36.4 Å². The molecular formula is C19H24F3N3O. The van der Waals surface area contributed by atoms with Crippen molar-refractivity contribution in [3.05, 3.63) is 24.0 Å². The zero-order valence-electron chi connectivity index (χ0n) is 14.7. The zero-order valence-corrected chi connectivity index (χ0v) is 14.7. The molecule has 4 nitrogen and oxygen atoms in total. The van der Waals surface area contributed by atoms with E-state index in [1.807, 2.05) is 4.90 Å². The van der Waals surface area contributed by atoms with Gasteiger partial charge >= 0.3 is 6.18 Å². The Kier molecular flexibility index (Phi) is 4.57. The minimum absolute atomic E-state index is 0.0486. The molecule has 3 fully saturated rings. The van der Waals surface area contributed by atoms with E-state index < -0.39 is 11.9 Å². The van der Waals surface area contributed by atoms with Crippen molar-refractivity contribution in [1.29, 1.82) is 0 Å². The summed E-state index contributed by atoms with van der Waals surface area (Å²) < 4.78 is 37.8. The molecule has 1 aromatic rings. The van der Waals surface area contributed by atoms with Crippen LogP contribution in [0.1, 0.15) is 37.8 Å². The van der Waals surface area contributed by atoms with E-state index in [1.165, 1.54) is 31.5 Å². The molecule has 3 heterocycles. The zero-order chi connectivity index (χ0) is 18.3. The summed E-state index contributed by atoms with van der Waals surface area (Å²) in [5.41, 5.74) is -0.175. The van der Waals surface area contributed by atoms with E-state index >= 15 is 0 Å². The SMILES string of the molecule is O=C(C1CCN(c2ccc(C(F)(F)F)nc2)CC1)N1CC2CCCC2C1. The van der Waals surface area contributed by atoms with Gasteiger partial charge in [0.15, 0.2) is 0 Å². The molecular weight excluding hydrogens is 343 g/mol. The number of anilines is 1. The molecule has 0 radical (unpaired) electrons. The van der Waals surface area contributed by atoms with Crippen molar-refractivity contribution in [2.45, 2.75) is 38.3 Å². The first-order chi connectivity index (χ1) is 12.4. The predicted molar refractivity (Wildman–Crippen MR) is 91.6 cm³/mol. The first-order valence-electron chi connectivity index (χ1n) is 9.49. The van der Waals surface area contributed by atoms with Crippen LogP contribution in [-0.4, -0.2) is 42.0 Å². The number of hydrogen-bond acceptors (Lipinski definition) is 3. The fraction of sp³-hybridized carbons (Fsp3) is 0.684. The van der Waals surface area contributed by atoms with E-state index in [9.17, 15) is 18.0 Å². The number of aromatic nitrogens is 1. The predicted octanol–water partition coefficient (Wildman–Crippen LogP) is 3.58. The number of nitrogens with zero attached hydrogens (tertiary/aromatic N) is 3. The number of pyridine rings is 1. The lowest BCUT2D eigenvalue weighted by Crippen LogP contribution is -2.42. The fourth-order valence-electron chi connectivity index (χ4n) is 4.80. The highest BCUT2D eigenvalue weighted by Gasteiger charge is 2.40. The molecule has 2 atom stereocenters. The van der Waals surface area contributed by atoms with Crippen molar-refractivity contribution in [3.8, 4) is 0 Å². The molecule has 2 aliphatic heterocycles. The standard InChI is InChI=1S/C19H24F3N3O/c20-19(21,22)17-5-4-16(10-23-17)24-8-6-13(7-9-24)18(26)25-11-14-2-1-3-15(14)12-25/h4-5,10,13-15H,1-3,6-9,11-12H2. The van der Waals surface area contributed by atoms with Crippen LogP contribution in [0.4, 0.5) is 18.9 Å². The van der Waals surface area contributed by atoms with Crippen molar-refractivity contribution in [3.63, 3.8) is 0 Å². The van der Waals surface area contributed by atoms with Crippen LogP contribution in [0.25, 0.3) is 0 Å². The number of alkyl halides is 3. The Balaban J connectivity index is 1.32. The molecule has 2 unspecified atom stereocenters. The van der Waals surface area contributed by atoms with Gasteiger partial charge in [-0.15, -0.1) is 0 Å². The van der Waals surface area contributed by atoms with Crippen molar-refractivity contribution in [2.75, 3.05) is 31.1 Å². The number of fused-ring (bicyclic) bond motifs is 1. The lowest BCUT2D eigenvalue weighted by molar-refractivity contribution is -0.141.